The molecule has 12 rings (SSSR count). The number of hydrogen-bond acceptors (Lipinski definition) is 2. The molecule has 0 bridgehead atoms. The van der Waals surface area contributed by atoms with E-state index in [9.17, 15) is 0 Å². The van der Waals surface area contributed by atoms with E-state index in [2.05, 4.69) is 221 Å². The molecule has 4 heteroatoms. The van der Waals surface area contributed by atoms with Crippen molar-refractivity contribution in [1.29, 1.82) is 0 Å². The molecule has 0 spiro atoms. The van der Waals surface area contributed by atoms with Crippen LogP contribution in [0.3, 0.4) is 0 Å². The highest BCUT2D eigenvalue weighted by Gasteiger charge is 2.46. The Hall–Kier alpha value is -6.26. The lowest BCUT2D eigenvalue weighted by Gasteiger charge is -2.42. The zero-order chi connectivity index (χ0) is 45.4. The fraction of sp³-hybridized carbons (Fsp3) is 0.279. The molecule has 2 aromatic heterocycles. The van der Waals surface area contributed by atoms with Gasteiger partial charge in [0.2, 0.25) is 0 Å². The first-order valence-corrected chi connectivity index (χ1v) is 23.7. The summed E-state index contributed by atoms with van der Waals surface area (Å²) in [5.41, 5.74) is 19.7. The number of anilines is 3. The smallest absolute Gasteiger partial charge is 0.333 e. The van der Waals surface area contributed by atoms with Gasteiger partial charge in [0.1, 0.15) is 11.2 Å². The second-order valence-corrected chi connectivity index (χ2v) is 23.5. The van der Waals surface area contributed by atoms with E-state index in [-0.39, 0.29) is 28.5 Å². The van der Waals surface area contributed by atoms with Gasteiger partial charge in [0.05, 0.1) is 0 Å². The van der Waals surface area contributed by atoms with E-state index in [4.69, 9.17) is 4.42 Å². The predicted molar refractivity (Wildman–Crippen MR) is 282 cm³/mol. The van der Waals surface area contributed by atoms with Crippen molar-refractivity contribution in [2.24, 2.45) is 0 Å². The molecule has 8 aromatic carbocycles. The van der Waals surface area contributed by atoms with Crippen molar-refractivity contribution >= 4 is 100 Å². The molecule has 0 radical (unpaired) electrons. The molecule has 0 N–H and O–H groups in total. The van der Waals surface area contributed by atoms with Crippen LogP contribution in [-0.2, 0) is 21.7 Å². The van der Waals surface area contributed by atoms with Gasteiger partial charge in [-0.15, -0.1) is 0 Å². The third-order valence-electron chi connectivity index (χ3n) is 15.0. The molecule has 65 heavy (non-hydrogen) atoms. The molecule has 2 aliphatic heterocycles. The van der Waals surface area contributed by atoms with Gasteiger partial charge in [-0.2, -0.15) is 0 Å². The minimum atomic E-state index is -0.125. The Morgan fingerprint density at radius 3 is 1.78 bits per heavy atom. The molecular formula is C61H59BN2O. The number of aromatic nitrogens is 1. The van der Waals surface area contributed by atoms with Gasteiger partial charge in [-0.25, -0.2) is 0 Å². The van der Waals surface area contributed by atoms with Crippen molar-refractivity contribution in [3.8, 4) is 11.1 Å². The summed E-state index contributed by atoms with van der Waals surface area (Å²) >= 11 is 0. The van der Waals surface area contributed by atoms with Gasteiger partial charge in [-0.1, -0.05) is 144 Å². The summed E-state index contributed by atoms with van der Waals surface area (Å²) in [5, 5.41) is 10.0. The molecule has 0 unspecified atom stereocenters. The maximum atomic E-state index is 7.20. The SMILES string of the molecule is Cc1c2c(cc3cc4ccccc4cc13)B1c3c(cc4c(oc5ccccc54)c3-c3cc(C(C)(C)C)cc4c5cc(C(C)(C)C)ccc5n1c34)N2c1cc(C(C)(C)C)cc(C(C)(C)C)c1. The van der Waals surface area contributed by atoms with Crippen molar-refractivity contribution in [2.45, 2.75) is 112 Å². The van der Waals surface area contributed by atoms with Crippen LogP contribution in [0.5, 0.6) is 0 Å². The van der Waals surface area contributed by atoms with E-state index >= 15 is 0 Å². The molecule has 0 fully saturated rings. The van der Waals surface area contributed by atoms with Gasteiger partial charge >= 0.3 is 6.85 Å². The minimum absolute atomic E-state index is 0.00588. The molecule has 0 amide bonds. The van der Waals surface area contributed by atoms with Crippen LogP contribution in [0.15, 0.2) is 126 Å². The number of para-hydroxylation sites is 1. The van der Waals surface area contributed by atoms with E-state index < -0.39 is 0 Å². The van der Waals surface area contributed by atoms with Gasteiger partial charge in [-0.3, -0.25) is 0 Å². The summed E-state index contributed by atoms with van der Waals surface area (Å²) < 4.78 is 9.93. The van der Waals surface area contributed by atoms with Gasteiger partial charge in [0, 0.05) is 60.8 Å². The highest BCUT2D eigenvalue weighted by Crippen LogP contribution is 2.52. The van der Waals surface area contributed by atoms with Crippen LogP contribution in [0.1, 0.15) is 111 Å². The van der Waals surface area contributed by atoms with Gasteiger partial charge in [-0.05, 0) is 150 Å². The zero-order valence-corrected chi connectivity index (χ0v) is 40.4. The van der Waals surface area contributed by atoms with Crippen molar-refractivity contribution in [3.63, 3.8) is 0 Å². The average molecular weight is 847 g/mol. The maximum Gasteiger partial charge on any atom is 0.333 e. The van der Waals surface area contributed by atoms with Crippen LogP contribution >= 0.6 is 0 Å². The Bertz CT molecular complexity index is 3690. The van der Waals surface area contributed by atoms with E-state index in [0.717, 1.165) is 21.9 Å². The van der Waals surface area contributed by atoms with Crippen LogP contribution < -0.4 is 15.8 Å². The van der Waals surface area contributed by atoms with Gasteiger partial charge < -0.3 is 13.8 Å². The predicted octanol–water partition coefficient (Wildman–Crippen LogP) is 15.9. The lowest BCUT2D eigenvalue weighted by atomic mass is 9.44. The monoisotopic (exact) mass is 846 g/mol. The second kappa shape index (κ2) is 13.0. The summed E-state index contributed by atoms with van der Waals surface area (Å²) in [6.45, 7) is 30.4. The van der Waals surface area contributed by atoms with Crippen molar-refractivity contribution in [1.82, 2.24) is 4.48 Å². The number of rotatable bonds is 1. The van der Waals surface area contributed by atoms with Crippen LogP contribution in [0.2, 0.25) is 0 Å². The Kier molecular flexibility index (Phi) is 8.03. The first-order chi connectivity index (χ1) is 30.7. The van der Waals surface area contributed by atoms with E-state index in [0.29, 0.717) is 0 Å². The Labute approximate surface area is 384 Å². The maximum absolute atomic E-state index is 7.20. The lowest BCUT2D eigenvalue weighted by Crippen LogP contribution is -2.57. The van der Waals surface area contributed by atoms with Crippen LogP contribution in [0.4, 0.5) is 17.1 Å². The van der Waals surface area contributed by atoms with Crippen molar-refractivity contribution in [2.75, 3.05) is 4.90 Å². The first-order valence-electron chi connectivity index (χ1n) is 23.7. The summed E-state index contributed by atoms with van der Waals surface area (Å²) in [6.07, 6.45) is 0. The molecular weight excluding hydrogens is 787 g/mol. The summed E-state index contributed by atoms with van der Waals surface area (Å²) in [7, 11) is 0. The van der Waals surface area contributed by atoms with Crippen molar-refractivity contribution in [3.05, 3.63) is 149 Å². The van der Waals surface area contributed by atoms with E-state index in [1.54, 1.807) is 0 Å². The molecule has 10 aromatic rings. The van der Waals surface area contributed by atoms with Gasteiger partial charge in [0.25, 0.3) is 0 Å². The molecule has 0 saturated heterocycles. The number of benzene rings is 8. The molecule has 0 saturated carbocycles. The topological polar surface area (TPSA) is 21.3 Å². The van der Waals surface area contributed by atoms with Crippen molar-refractivity contribution < 1.29 is 4.42 Å². The zero-order valence-electron chi connectivity index (χ0n) is 40.4. The lowest BCUT2D eigenvalue weighted by molar-refractivity contribution is 0.569. The minimum Gasteiger partial charge on any atom is -0.455 e. The normalized spacial score (nSPS) is 14.2. The molecule has 322 valence electrons. The third kappa shape index (κ3) is 5.74. The summed E-state index contributed by atoms with van der Waals surface area (Å²) in [5.74, 6) is 0. The van der Waals surface area contributed by atoms with E-state index in [1.165, 1.54) is 110 Å². The number of nitrogens with zero attached hydrogens (tertiary/aromatic N) is 2. The fourth-order valence-corrected chi connectivity index (χ4v) is 11.3. The van der Waals surface area contributed by atoms with Crippen LogP contribution in [0, 0.1) is 6.92 Å². The fourth-order valence-electron chi connectivity index (χ4n) is 11.3. The second-order valence-electron chi connectivity index (χ2n) is 23.5. The summed E-state index contributed by atoms with van der Waals surface area (Å²) in [6, 6.07) is 47.1. The quantitative estimate of drug-likeness (QED) is 0.121. The number of hydrogen-bond donors (Lipinski definition) is 0. The highest BCUT2D eigenvalue weighted by molar-refractivity contribution is 6.90. The Balaban J connectivity index is 1.34. The molecule has 4 heterocycles. The summed E-state index contributed by atoms with van der Waals surface area (Å²) in [4.78, 5) is 2.67. The van der Waals surface area contributed by atoms with E-state index in [1.807, 2.05) is 0 Å². The number of fused-ring (bicyclic) bond motifs is 13. The molecule has 0 atom stereocenters. The number of aryl methyl sites for hydroxylation is 1. The first kappa shape index (κ1) is 40.3. The Morgan fingerprint density at radius 2 is 1.11 bits per heavy atom. The van der Waals surface area contributed by atoms with Crippen LogP contribution in [0.25, 0.3) is 76.4 Å². The standard InChI is InChI=1S/C61H59BN2O/c1-34-44-25-36-19-15-14-18-35(36)24-37(44)26-49-55(34)63(42-28-39(59(5,6)7)27-40(29-42)60(8,9)10)51-33-47-43-20-16-17-21-52(43)65-57(47)53-48-32-41(61(11,12)13)31-46-45-30-38(58(2,3)4)22-23-50(45)64(56(46)48)62(49)54(51)53/h14-33H,1-13H3. The molecule has 3 nitrogen and oxygen atoms in total. The third-order valence-corrected chi connectivity index (χ3v) is 15.0. The average Bonchev–Trinajstić information content (AvgIpc) is 3.78. The Morgan fingerprint density at radius 1 is 0.492 bits per heavy atom. The highest BCUT2D eigenvalue weighted by atomic mass is 16.3. The van der Waals surface area contributed by atoms with Gasteiger partial charge in [0.15, 0.2) is 0 Å². The number of furan rings is 1. The van der Waals surface area contributed by atoms with Crippen LogP contribution in [-0.4, -0.2) is 11.3 Å². The molecule has 0 aliphatic carbocycles. The molecule has 2 aliphatic rings. The largest absolute Gasteiger partial charge is 0.455 e.